The van der Waals surface area contributed by atoms with Gasteiger partial charge in [0.25, 0.3) is 0 Å². The van der Waals surface area contributed by atoms with E-state index in [0.29, 0.717) is 13.1 Å². The second-order valence-electron chi connectivity index (χ2n) is 7.34. The highest BCUT2D eigenvalue weighted by Gasteiger charge is 2.27. The normalized spacial score (nSPS) is 15.4. The Kier molecular flexibility index (Phi) is 5.24. The van der Waals surface area contributed by atoms with Crippen LogP contribution in [0.15, 0.2) is 41.7 Å². The molecule has 2 aromatic heterocycles. The van der Waals surface area contributed by atoms with Crippen molar-refractivity contribution in [3.8, 4) is 0 Å². The minimum Gasteiger partial charge on any atom is -0.358 e. The smallest absolute Gasteiger partial charge is 0.246 e. The van der Waals surface area contributed by atoms with E-state index in [1.807, 2.05) is 24.2 Å². The van der Waals surface area contributed by atoms with Gasteiger partial charge >= 0.3 is 0 Å². The molecule has 1 aromatic carbocycles. The molecular weight excluding hydrogens is 366 g/mol. The molecule has 1 saturated heterocycles. The highest BCUT2D eigenvalue weighted by atomic mass is 16.2. The van der Waals surface area contributed by atoms with Crippen LogP contribution in [0, 0.1) is 6.92 Å². The summed E-state index contributed by atoms with van der Waals surface area (Å²) in [4.78, 5) is 24.3. The van der Waals surface area contributed by atoms with Crippen LogP contribution in [0.1, 0.15) is 11.3 Å². The Balaban J connectivity index is 1.36. The molecular formula is C21H27N7O. The quantitative estimate of drug-likeness (QED) is 0.522. The molecule has 0 radical (unpaired) electrons. The van der Waals surface area contributed by atoms with Crippen molar-refractivity contribution in [2.75, 3.05) is 38.1 Å². The number of nitrogens with zero attached hydrogens (tertiary/aromatic N) is 5. The number of aliphatic imine (C=N–C) groups is 1. The van der Waals surface area contributed by atoms with Gasteiger partial charge in [-0.2, -0.15) is 5.10 Å². The van der Waals surface area contributed by atoms with Crippen LogP contribution in [0.3, 0.4) is 0 Å². The molecule has 1 amide bonds. The van der Waals surface area contributed by atoms with Crippen LogP contribution in [0.5, 0.6) is 0 Å². The lowest BCUT2D eigenvalue weighted by atomic mass is 10.1. The van der Waals surface area contributed by atoms with Crippen molar-refractivity contribution in [3.63, 3.8) is 0 Å². The number of aromatic amines is 1. The van der Waals surface area contributed by atoms with Crippen LogP contribution < -0.4 is 10.2 Å². The number of carbonyl (C=O) groups is 1. The van der Waals surface area contributed by atoms with Crippen LogP contribution in [0.25, 0.3) is 10.9 Å². The lowest BCUT2D eigenvalue weighted by molar-refractivity contribution is -0.120. The molecule has 1 fully saturated rings. The van der Waals surface area contributed by atoms with E-state index in [-0.39, 0.29) is 5.91 Å². The number of H-pyrrole nitrogens is 1. The molecule has 0 aliphatic carbocycles. The maximum atomic E-state index is 12.6. The van der Waals surface area contributed by atoms with Crippen molar-refractivity contribution in [1.29, 1.82) is 0 Å². The molecule has 0 spiro atoms. The third-order valence-electron chi connectivity index (χ3n) is 5.42. The van der Waals surface area contributed by atoms with Crippen LogP contribution in [-0.4, -0.2) is 64.8 Å². The van der Waals surface area contributed by atoms with Gasteiger partial charge in [-0.25, -0.2) is 0 Å². The summed E-state index contributed by atoms with van der Waals surface area (Å²) in [6.45, 7) is 4.52. The van der Waals surface area contributed by atoms with Crippen LogP contribution in [0.4, 0.5) is 5.69 Å². The summed E-state index contributed by atoms with van der Waals surface area (Å²) in [6.07, 6.45) is 4.48. The summed E-state index contributed by atoms with van der Waals surface area (Å²) in [6, 6.07) is 8.37. The number of hydrogen-bond donors (Lipinski definition) is 2. The first-order valence-corrected chi connectivity index (χ1v) is 9.87. The van der Waals surface area contributed by atoms with E-state index in [4.69, 9.17) is 0 Å². The zero-order chi connectivity index (χ0) is 20.4. The summed E-state index contributed by atoms with van der Waals surface area (Å²) in [7, 11) is 3.61. The molecule has 1 aliphatic heterocycles. The Bertz CT molecular complexity index is 1050. The number of piperazine rings is 1. The number of aryl methyl sites for hydroxylation is 2. The fourth-order valence-electron chi connectivity index (χ4n) is 3.96. The Morgan fingerprint density at radius 3 is 2.86 bits per heavy atom. The average molecular weight is 393 g/mol. The summed E-state index contributed by atoms with van der Waals surface area (Å²) in [5.74, 6) is 0.821. The molecule has 0 unspecified atom stereocenters. The first kappa shape index (κ1) is 19.0. The minimum atomic E-state index is 0.0553. The van der Waals surface area contributed by atoms with Crippen LogP contribution in [-0.2, 0) is 18.3 Å². The Morgan fingerprint density at radius 1 is 1.31 bits per heavy atom. The van der Waals surface area contributed by atoms with Crippen molar-refractivity contribution in [2.45, 2.75) is 13.3 Å². The maximum absolute atomic E-state index is 12.6. The number of carbonyl (C=O) groups excluding carboxylic acids is 1. The van der Waals surface area contributed by atoms with E-state index in [9.17, 15) is 4.79 Å². The number of benzene rings is 1. The highest BCUT2D eigenvalue weighted by Crippen LogP contribution is 2.22. The number of para-hydroxylation sites is 1. The van der Waals surface area contributed by atoms with Gasteiger partial charge in [0.05, 0.1) is 11.9 Å². The second kappa shape index (κ2) is 7.98. The lowest BCUT2D eigenvalue weighted by Gasteiger charge is -2.35. The van der Waals surface area contributed by atoms with Crippen molar-refractivity contribution in [2.24, 2.45) is 12.0 Å². The monoisotopic (exact) mass is 393 g/mol. The first-order chi connectivity index (χ1) is 14.1. The number of guanidine groups is 1. The molecule has 8 heteroatoms. The number of fused-ring (bicyclic) bond motifs is 1. The number of rotatable bonds is 4. The lowest BCUT2D eigenvalue weighted by Crippen LogP contribution is -2.55. The van der Waals surface area contributed by atoms with Gasteiger partial charge in [-0.05, 0) is 25.0 Å². The minimum absolute atomic E-state index is 0.0553. The zero-order valence-corrected chi connectivity index (χ0v) is 17.1. The number of aromatic nitrogens is 3. The van der Waals surface area contributed by atoms with E-state index in [0.717, 1.165) is 31.2 Å². The fraction of sp³-hybridized carbons (Fsp3) is 0.381. The van der Waals surface area contributed by atoms with Gasteiger partial charge in [0, 0.05) is 56.5 Å². The van der Waals surface area contributed by atoms with Crippen molar-refractivity contribution >= 4 is 28.5 Å². The van der Waals surface area contributed by atoms with E-state index >= 15 is 0 Å². The van der Waals surface area contributed by atoms with E-state index in [2.05, 4.69) is 45.5 Å². The van der Waals surface area contributed by atoms with E-state index < -0.39 is 0 Å². The Hall–Kier alpha value is -3.29. The predicted octanol–water partition coefficient (Wildman–Crippen LogP) is 1.68. The molecule has 8 nitrogen and oxygen atoms in total. The molecule has 0 saturated carbocycles. The van der Waals surface area contributed by atoms with Gasteiger partial charge in [0.15, 0.2) is 5.96 Å². The van der Waals surface area contributed by atoms with Gasteiger partial charge in [-0.3, -0.25) is 14.5 Å². The first-order valence-electron chi connectivity index (χ1n) is 9.87. The average Bonchev–Trinajstić information content (AvgIpc) is 3.28. The van der Waals surface area contributed by atoms with E-state index in [1.54, 1.807) is 22.8 Å². The fourth-order valence-corrected chi connectivity index (χ4v) is 3.96. The molecule has 152 valence electrons. The number of hydrogen-bond acceptors (Lipinski definition) is 3. The molecule has 0 atom stereocenters. The Labute approximate surface area is 170 Å². The van der Waals surface area contributed by atoms with Gasteiger partial charge in [0.2, 0.25) is 5.91 Å². The molecule has 1 aliphatic rings. The van der Waals surface area contributed by atoms with Gasteiger partial charge < -0.3 is 20.1 Å². The molecule has 29 heavy (non-hydrogen) atoms. The number of nitrogens with one attached hydrogen (secondary N) is 2. The third kappa shape index (κ3) is 3.83. The van der Waals surface area contributed by atoms with Crippen LogP contribution >= 0.6 is 0 Å². The predicted molar refractivity (Wildman–Crippen MR) is 115 cm³/mol. The molecule has 3 heterocycles. The summed E-state index contributed by atoms with van der Waals surface area (Å²) < 4.78 is 1.71. The van der Waals surface area contributed by atoms with Crippen molar-refractivity contribution in [3.05, 3.63) is 47.9 Å². The van der Waals surface area contributed by atoms with Crippen molar-refractivity contribution in [1.82, 2.24) is 25.0 Å². The van der Waals surface area contributed by atoms with Gasteiger partial charge in [-0.1, -0.05) is 18.2 Å². The standard InChI is InChI=1S/C21H27N7O/c1-15-17(18-6-4-5-7-19(18)25-15)8-9-23-21(22-2)27-10-11-28(20(29)14-27)16-12-24-26(3)13-16/h4-7,12-13,25H,8-11,14H2,1-3H3,(H,22,23). The molecule has 4 rings (SSSR count). The number of anilines is 1. The maximum Gasteiger partial charge on any atom is 0.246 e. The summed E-state index contributed by atoms with van der Waals surface area (Å²) in [5.41, 5.74) is 4.53. The Morgan fingerprint density at radius 2 is 2.14 bits per heavy atom. The molecule has 0 bridgehead atoms. The van der Waals surface area contributed by atoms with Crippen molar-refractivity contribution < 1.29 is 4.79 Å². The second-order valence-corrected chi connectivity index (χ2v) is 7.34. The van der Waals surface area contributed by atoms with Gasteiger partial charge in [-0.15, -0.1) is 0 Å². The molecule has 2 N–H and O–H groups in total. The molecule has 3 aromatic rings. The number of amides is 1. The highest BCUT2D eigenvalue weighted by molar-refractivity contribution is 5.98. The largest absolute Gasteiger partial charge is 0.358 e. The van der Waals surface area contributed by atoms with E-state index in [1.165, 1.54) is 22.2 Å². The topological polar surface area (TPSA) is 81.6 Å². The summed E-state index contributed by atoms with van der Waals surface area (Å²) in [5, 5.41) is 8.85. The van der Waals surface area contributed by atoms with Crippen LogP contribution in [0.2, 0.25) is 0 Å². The zero-order valence-electron chi connectivity index (χ0n) is 17.1. The SMILES string of the molecule is CN=C(NCCc1c(C)[nH]c2ccccc12)N1CCN(c2cnn(C)c2)C(=O)C1. The van der Waals surface area contributed by atoms with Gasteiger partial charge in [0.1, 0.15) is 6.54 Å². The summed E-state index contributed by atoms with van der Waals surface area (Å²) >= 11 is 0. The third-order valence-corrected chi connectivity index (χ3v) is 5.42.